The third-order valence-corrected chi connectivity index (χ3v) is 6.11. The first-order chi connectivity index (χ1) is 16.1. The van der Waals surface area contributed by atoms with E-state index in [-0.39, 0.29) is 18.0 Å². The van der Waals surface area contributed by atoms with Crippen molar-refractivity contribution in [2.45, 2.75) is 52.2 Å². The number of nitrogens with zero attached hydrogens (tertiary/aromatic N) is 2. The lowest BCUT2D eigenvalue weighted by molar-refractivity contribution is 0.0210. The number of aromatic nitrogens is 1. The number of piperidine rings is 1. The van der Waals surface area contributed by atoms with Crippen molar-refractivity contribution >= 4 is 28.4 Å². The lowest BCUT2D eigenvalue weighted by atomic mass is 9.96. The van der Waals surface area contributed by atoms with Crippen LogP contribution in [0.1, 0.15) is 39.2 Å². The summed E-state index contributed by atoms with van der Waals surface area (Å²) >= 11 is 0. The van der Waals surface area contributed by atoms with E-state index in [1.807, 2.05) is 65.2 Å². The molecule has 4 rings (SSSR count). The second kappa shape index (κ2) is 9.49. The summed E-state index contributed by atoms with van der Waals surface area (Å²) in [5, 5.41) is 8.73. The molecule has 2 aromatic carbocycles. The molecule has 7 heteroatoms. The van der Waals surface area contributed by atoms with E-state index in [0.29, 0.717) is 18.7 Å². The fraction of sp³-hybridized carbons (Fsp3) is 0.407. The SMILES string of the molecule is CNc1cc2c(NC3CCN(C(=O)OC(C)(C)C)CC3)cc(-c3c(C)cccc3F)cc2cn1. The van der Waals surface area contributed by atoms with Gasteiger partial charge < -0.3 is 20.3 Å². The first-order valence-electron chi connectivity index (χ1n) is 11.8. The van der Waals surface area contributed by atoms with Gasteiger partial charge in [-0.15, -0.1) is 0 Å². The molecule has 180 valence electrons. The minimum atomic E-state index is -0.505. The largest absolute Gasteiger partial charge is 0.444 e. The van der Waals surface area contributed by atoms with Crippen LogP contribution in [0.4, 0.5) is 20.7 Å². The Morgan fingerprint density at radius 1 is 1.18 bits per heavy atom. The highest BCUT2D eigenvalue weighted by Crippen LogP contribution is 2.35. The van der Waals surface area contributed by atoms with Gasteiger partial charge in [-0.05, 0) is 75.9 Å². The van der Waals surface area contributed by atoms with Gasteiger partial charge in [0, 0.05) is 54.4 Å². The van der Waals surface area contributed by atoms with Crippen LogP contribution in [-0.4, -0.2) is 47.8 Å². The molecule has 1 saturated heterocycles. The van der Waals surface area contributed by atoms with Crippen molar-refractivity contribution in [2.75, 3.05) is 30.8 Å². The van der Waals surface area contributed by atoms with Gasteiger partial charge in [0.1, 0.15) is 17.2 Å². The second-order valence-electron chi connectivity index (χ2n) is 9.88. The van der Waals surface area contributed by atoms with Crippen LogP contribution in [0.2, 0.25) is 0 Å². The number of aryl methyl sites for hydroxylation is 1. The van der Waals surface area contributed by atoms with Gasteiger partial charge in [-0.25, -0.2) is 14.2 Å². The summed E-state index contributed by atoms with van der Waals surface area (Å²) in [5.41, 5.74) is 2.73. The highest BCUT2D eigenvalue weighted by Gasteiger charge is 2.27. The van der Waals surface area contributed by atoms with Gasteiger partial charge in [-0.2, -0.15) is 0 Å². The summed E-state index contributed by atoms with van der Waals surface area (Å²) in [6.45, 7) is 8.80. The van der Waals surface area contributed by atoms with Crippen LogP contribution < -0.4 is 10.6 Å². The van der Waals surface area contributed by atoms with Crippen molar-refractivity contribution in [2.24, 2.45) is 0 Å². The standard InChI is InChI=1S/C27H33FN4O2/c1-17-7-6-8-22(28)25(17)18-13-19-16-30-24(29-5)15-21(19)23(14-18)31-20-9-11-32(12-10-20)26(33)34-27(2,3)4/h6-8,13-16,20,31H,9-12H2,1-5H3,(H,29,30). The molecule has 1 amide bonds. The highest BCUT2D eigenvalue weighted by molar-refractivity contribution is 5.99. The number of likely N-dealkylation sites (tertiary alicyclic amines) is 1. The van der Waals surface area contributed by atoms with Crippen LogP contribution in [0.15, 0.2) is 42.6 Å². The van der Waals surface area contributed by atoms with Crippen molar-refractivity contribution in [3.63, 3.8) is 0 Å². The van der Waals surface area contributed by atoms with E-state index < -0.39 is 5.60 Å². The Hall–Kier alpha value is -3.35. The number of benzene rings is 2. The molecule has 3 aromatic rings. The molecule has 0 saturated carbocycles. The summed E-state index contributed by atoms with van der Waals surface area (Å²) in [6, 6.07) is 11.3. The van der Waals surface area contributed by atoms with Crippen LogP contribution in [-0.2, 0) is 4.74 Å². The summed E-state index contributed by atoms with van der Waals surface area (Å²) in [5.74, 6) is 0.529. The maximum atomic E-state index is 14.8. The Morgan fingerprint density at radius 3 is 2.56 bits per heavy atom. The fourth-order valence-electron chi connectivity index (χ4n) is 4.41. The number of amides is 1. The molecule has 2 N–H and O–H groups in total. The number of nitrogens with one attached hydrogen (secondary N) is 2. The molecule has 34 heavy (non-hydrogen) atoms. The first-order valence-corrected chi connectivity index (χ1v) is 11.8. The summed E-state index contributed by atoms with van der Waals surface area (Å²) in [7, 11) is 1.84. The molecule has 0 bridgehead atoms. The van der Waals surface area contributed by atoms with Crippen LogP contribution in [0.3, 0.4) is 0 Å². The molecule has 1 aliphatic heterocycles. The van der Waals surface area contributed by atoms with Crippen LogP contribution in [0, 0.1) is 12.7 Å². The molecule has 6 nitrogen and oxygen atoms in total. The zero-order valence-electron chi connectivity index (χ0n) is 20.5. The Balaban J connectivity index is 1.62. The maximum Gasteiger partial charge on any atom is 0.410 e. The molecule has 0 unspecified atom stereocenters. The topological polar surface area (TPSA) is 66.5 Å². The monoisotopic (exact) mass is 464 g/mol. The summed E-state index contributed by atoms with van der Waals surface area (Å²) in [4.78, 5) is 18.7. The van der Waals surface area contributed by atoms with Crippen LogP contribution >= 0.6 is 0 Å². The number of carbonyl (C=O) groups is 1. The smallest absolute Gasteiger partial charge is 0.410 e. The van der Waals surface area contributed by atoms with E-state index in [0.717, 1.165) is 46.2 Å². The Bertz CT molecular complexity index is 1180. The number of anilines is 2. The Morgan fingerprint density at radius 2 is 1.91 bits per heavy atom. The number of ether oxygens (including phenoxy) is 1. The van der Waals surface area contributed by atoms with E-state index in [9.17, 15) is 9.18 Å². The number of rotatable bonds is 4. The van der Waals surface area contributed by atoms with Gasteiger partial charge in [-0.3, -0.25) is 0 Å². The molecular weight excluding hydrogens is 431 g/mol. The average molecular weight is 465 g/mol. The molecule has 0 spiro atoms. The van der Waals surface area contributed by atoms with Crippen molar-refractivity contribution < 1.29 is 13.9 Å². The number of carbonyl (C=O) groups excluding carboxylic acids is 1. The second-order valence-corrected chi connectivity index (χ2v) is 9.88. The zero-order chi connectivity index (χ0) is 24.5. The number of pyridine rings is 1. The maximum absolute atomic E-state index is 14.8. The molecule has 1 aliphatic rings. The van der Waals surface area contributed by atoms with Crippen molar-refractivity contribution in [3.05, 3.63) is 54.0 Å². The molecule has 0 atom stereocenters. The fourth-order valence-corrected chi connectivity index (χ4v) is 4.41. The van der Waals surface area contributed by atoms with E-state index in [1.165, 1.54) is 6.07 Å². The van der Waals surface area contributed by atoms with Gasteiger partial charge in [0.25, 0.3) is 0 Å². The van der Waals surface area contributed by atoms with Crippen molar-refractivity contribution in [1.29, 1.82) is 0 Å². The van der Waals surface area contributed by atoms with Crippen molar-refractivity contribution in [3.8, 4) is 11.1 Å². The number of hydrogen-bond donors (Lipinski definition) is 2. The minimum absolute atomic E-state index is 0.185. The van der Waals surface area contributed by atoms with Gasteiger partial charge in [0.2, 0.25) is 0 Å². The predicted molar refractivity (Wildman–Crippen MR) is 136 cm³/mol. The molecule has 2 heterocycles. The molecule has 1 aromatic heterocycles. The highest BCUT2D eigenvalue weighted by atomic mass is 19.1. The normalized spacial score (nSPS) is 14.8. The Kier molecular flexibility index (Phi) is 6.64. The van der Waals surface area contributed by atoms with E-state index >= 15 is 0 Å². The quantitative estimate of drug-likeness (QED) is 0.481. The zero-order valence-corrected chi connectivity index (χ0v) is 20.5. The van der Waals surface area contributed by atoms with E-state index in [2.05, 4.69) is 15.6 Å². The first kappa shape index (κ1) is 23.8. The van der Waals surface area contributed by atoms with Crippen LogP contribution in [0.5, 0.6) is 0 Å². The molecule has 1 fully saturated rings. The average Bonchev–Trinajstić information content (AvgIpc) is 2.78. The third kappa shape index (κ3) is 5.24. The summed E-state index contributed by atoms with van der Waals surface area (Å²) < 4.78 is 20.3. The predicted octanol–water partition coefficient (Wildman–Crippen LogP) is 6.20. The number of fused-ring (bicyclic) bond motifs is 1. The van der Waals surface area contributed by atoms with Crippen molar-refractivity contribution in [1.82, 2.24) is 9.88 Å². The lowest BCUT2D eigenvalue weighted by Crippen LogP contribution is -2.44. The van der Waals surface area contributed by atoms with Gasteiger partial charge in [-0.1, -0.05) is 12.1 Å². The number of halogens is 1. The lowest BCUT2D eigenvalue weighted by Gasteiger charge is -2.34. The molecular formula is C27H33FN4O2. The number of hydrogen-bond acceptors (Lipinski definition) is 5. The van der Waals surface area contributed by atoms with Gasteiger partial charge in [0.05, 0.1) is 0 Å². The third-order valence-electron chi connectivity index (χ3n) is 6.11. The van der Waals surface area contributed by atoms with Crippen LogP contribution in [0.25, 0.3) is 21.9 Å². The minimum Gasteiger partial charge on any atom is -0.444 e. The van der Waals surface area contributed by atoms with Gasteiger partial charge >= 0.3 is 6.09 Å². The molecule has 0 radical (unpaired) electrons. The molecule has 0 aliphatic carbocycles. The van der Waals surface area contributed by atoms with E-state index in [4.69, 9.17) is 4.74 Å². The van der Waals surface area contributed by atoms with Gasteiger partial charge in [0.15, 0.2) is 0 Å². The summed E-state index contributed by atoms with van der Waals surface area (Å²) in [6.07, 6.45) is 3.15. The Labute approximate surface area is 200 Å². The van der Waals surface area contributed by atoms with E-state index in [1.54, 1.807) is 11.0 Å².